The first-order chi connectivity index (χ1) is 7.97. The molecular formula is C14H20BrNO. The number of hydrogen-bond donors (Lipinski definition) is 0. The molecule has 1 atom stereocenters. The quantitative estimate of drug-likeness (QED) is 0.777. The summed E-state index contributed by atoms with van der Waals surface area (Å²) in [5, 5.41) is 0.791. The number of carbonyl (C=O) groups excluding carboxylic acids is 1. The summed E-state index contributed by atoms with van der Waals surface area (Å²) < 4.78 is 0. The first kappa shape index (κ1) is 14.2. The van der Waals surface area contributed by atoms with Gasteiger partial charge in [0.2, 0.25) is 0 Å². The standard InChI is InChI=1S/C14H20BrNO/c1-10(2)12-5-7-13(8-6-12)14(17)16(4)11(3)9-15/h5-8,10-11H,9H2,1-4H3. The maximum atomic E-state index is 12.1. The van der Waals surface area contributed by atoms with Crippen LogP contribution in [0.4, 0.5) is 0 Å². The molecule has 0 radical (unpaired) electrons. The zero-order valence-electron chi connectivity index (χ0n) is 10.9. The van der Waals surface area contributed by atoms with Gasteiger partial charge in [0, 0.05) is 24.0 Å². The highest BCUT2D eigenvalue weighted by Crippen LogP contribution is 2.16. The van der Waals surface area contributed by atoms with Gasteiger partial charge in [-0.3, -0.25) is 4.79 Å². The van der Waals surface area contributed by atoms with E-state index in [1.807, 2.05) is 38.2 Å². The first-order valence-electron chi connectivity index (χ1n) is 5.90. The molecule has 0 aliphatic rings. The Kier molecular flexibility index (Phi) is 5.19. The highest BCUT2D eigenvalue weighted by atomic mass is 79.9. The number of alkyl halides is 1. The van der Waals surface area contributed by atoms with E-state index in [-0.39, 0.29) is 11.9 Å². The minimum Gasteiger partial charge on any atom is -0.338 e. The predicted octanol–water partition coefficient (Wildman–Crippen LogP) is 3.67. The van der Waals surface area contributed by atoms with E-state index in [0.717, 1.165) is 10.9 Å². The average Bonchev–Trinajstić information content (AvgIpc) is 2.36. The van der Waals surface area contributed by atoms with E-state index in [1.54, 1.807) is 4.90 Å². The van der Waals surface area contributed by atoms with Gasteiger partial charge in [-0.2, -0.15) is 0 Å². The maximum Gasteiger partial charge on any atom is 0.253 e. The second-order valence-corrected chi connectivity index (χ2v) is 5.34. The molecule has 94 valence electrons. The van der Waals surface area contributed by atoms with Gasteiger partial charge in [0.1, 0.15) is 0 Å². The summed E-state index contributed by atoms with van der Waals surface area (Å²) in [7, 11) is 1.84. The Hall–Kier alpha value is -0.830. The van der Waals surface area contributed by atoms with Crippen LogP contribution in [0.5, 0.6) is 0 Å². The number of halogens is 1. The van der Waals surface area contributed by atoms with Crippen LogP contribution in [-0.4, -0.2) is 29.2 Å². The van der Waals surface area contributed by atoms with E-state index in [9.17, 15) is 4.79 Å². The van der Waals surface area contributed by atoms with Gasteiger partial charge in [0.15, 0.2) is 0 Å². The van der Waals surface area contributed by atoms with Crippen LogP contribution in [0.15, 0.2) is 24.3 Å². The van der Waals surface area contributed by atoms with Crippen LogP contribution < -0.4 is 0 Å². The fourth-order valence-electron chi connectivity index (χ4n) is 1.52. The van der Waals surface area contributed by atoms with Crippen molar-refractivity contribution in [3.63, 3.8) is 0 Å². The first-order valence-corrected chi connectivity index (χ1v) is 7.02. The van der Waals surface area contributed by atoms with Crippen LogP contribution in [0.1, 0.15) is 42.6 Å². The monoisotopic (exact) mass is 297 g/mol. The molecule has 0 spiro atoms. The number of rotatable bonds is 4. The van der Waals surface area contributed by atoms with E-state index in [4.69, 9.17) is 0 Å². The van der Waals surface area contributed by atoms with Crippen LogP contribution >= 0.6 is 15.9 Å². The van der Waals surface area contributed by atoms with Crippen LogP contribution in [0.3, 0.4) is 0 Å². The second kappa shape index (κ2) is 6.20. The molecular weight excluding hydrogens is 278 g/mol. The molecule has 0 heterocycles. The minimum absolute atomic E-state index is 0.0762. The summed E-state index contributed by atoms with van der Waals surface area (Å²) in [6, 6.07) is 8.09. The van der Waals surface area contributed by atoms with Crippen molar-refractivity contribution in [3.05, 3.63) is 35.4 Å². The van der Waals surface area contributed by atoms with Crippen molar-refractivity contribution in [3.8, 4) is 0 Å². The summed E-state index contributed by atoms with van der Waals surface area (Å²) in [4.78, 5) is 13.9. The third kappa shape index (κ3) is 3.56. The lowest BCUT2D eigenvalue weighted by molar-refractivity contribution is 0.0758. The van der Waals surface area contributed by atoms with Crippen LogP contribution in [-0.2, 0) is 0 Å². The van der Waals surface area contributed by atoms with Gasteiger partial charge in [-0.15, -0.1) is 0 Å². The van der Waals surface area contributed by atoms with Crippen LogP contribution in [0.2, 0.25) is 0 Å². The molecule has 17 heavy (non-hydrogen) atoms. The molecule has 2 nitrogen and oxygen atoms in total. The van der Waals surface area contributed by atoms with E-state index in [0.29, 0.717) is 5.92 Å². The smallest absolute Gasteiger partial charge is 0.253 e. The Morgan fingerprint density at radius 1 is 1.24 bits per heavy atom. The largest absolute Gasteiger partial charge is 0.338 e. The minimum atomic E-state index is 0.0762. The van der Waals surface area contributed by atoms with Crippen molar-refractivity contribution in [2.75, 3.05) is 12.4 Å². The fourth-order valence-corrected chi connectivity index (χ4v) is 1.95. The number of nitrogens with zero attached hydrogens (tertiary/aromatic N) is 1. The zero-order chi connectivity index (χ0) is 13.0. The van der Waals surface area contributed by atoms with E-state index in [1.165, 1.54) is 5.56 Å². The normalized spacial score (nSPS) is 12.6. The van der Waals surface area contributed by atoms with Crippen molar-refractivity contribution >= 4 is 21.8 Å². The van der Waals surface area contributed by atoms with Gasteiger partial charge in [0.05, 0.1) is 0 Å². The molecule has 1 aromatic rings. The highest BCUT2D eigenvalue weighted by molar-refractivity contribution is 9.09. The molecule has 1 aromatic carbocycles. The highest BCUT2D eigenvalue weighted by Gasteiger charge is 2.16. The summed E-state index contributed by atoms with van der Waals surface area (Å²) in [6.45, 7) is 6.32. The number of benzene rings is 1. The predicted molar refractivity (Wildman–Crippen MR) is 75.9 cm³/mol. The topological polar surface area (TPSA) is 20.3 Å². The molecule has 0 fully saturated rings. The molecule has 0 saturated carbocycles. The third-order valence-corrected chi connectivity index (χ3v) is 3.97. The van der Waals surface area contributed by atoms with Gasteiger partial charge in [-0.05, 0) is 30.5 Å². The molecule has 0 aliphatic heterocycles. The summed E-state index contributed by atoms with van der Waals surface area (Å²) in [5.41, 5.74) is 2.02. The van der Waals surface area contributed by atoms with Crippen molar-refractivity contribution in [2.24, 2.45) is 0 Å². The summed E-state index contributed by atoms with van der Waals surface area (Å²) in [5.74, 6) is 0.575. The van der Waals surface area contributed by atoms with Gasteiger partial charge < -0.3 is 4.90 Å². The van der Waals surface area contributed by atoms with Crippen molar-refractivity contribution < 1.29 is 4.79 Å². The van der Waals surface area contributed by atoms with Crippen molar-refractivity contribution in [1.29, 1.82) is 0 Å². The van der Waals surface area contributed by atoms with Crippen molar-refractivity contribution in [2.45, 2.75) is 32.7 Å². The molecule has 0 saturated heterocycles. The van der Waals surface area contributed by atoms with E-state index < -0.39 is 0 Å². The van der Waals surface area contributed by atoms with Crippen LogP contribution in [0, 0.1) is 0 Å². The maximum absolute atomic E-state index is 12.1. The zero-order valence-corrected chi connectivity index (χ0v) is 12.5. The van der Waals surface area contributed by atoms with Gasteiger partial charge in [-0.1, -0.05) is 41.9 Å². The number of amides is 1. The van der Waals surface area contributed by atoms with E-state index in [2.05, 4.69) is 29.8 Å². The molecule has 0 N–H and O–H groups in total. The Labute approximate surface area is 112 Å². The second-order valence-electron chi connectivity index (χ2n) is 4.70. The Morgan fingerprint density at radius 2 is 1.76 bits per heavy atom. The van der Waals surface area contributed by atoms with Crippen molar-refractivity contribution in [1.82, 2.24) is 4.90 Å². The van der Waals surface area contributed by atoms with Crippen LogP contribution in [0.25, 0.3) is 0 Å². The van der Waals surface area contributed by atoms with Gasteiger partial charge in [0.25, 0.3) is 5.91 Å². The molecule has 3 heteroatoms. The Morgan fingerprint density at radius 3 is 2.18 bits per heavy atom. The van der Waals surface area contributed by atoms with E-state index >= 15 is 0 Å². The lowest BCUT2D eigenvalue weighted by Crippen LogP contribution is -2.36. The Bertz CT molecular complexity index is 372. The SMILES string of the molecule is CC(C)c1ccc(C(=O)N(C)C(C)CBr)cc1. The molecule has 1 amide bonds. The lowest BCUT2D eigenvalue weighted by Gasteiger charge is -2.23. The molecule has 1 unspecified atom stereocenters. The molecule has 0 aliphatic carbocycles. The molecule has 0 bridgehead atoms. The van der Waals surface area contributed by atoms with Gasteiger partial charge >= 0.3 is 0 Å². The van der Waals surface area contributed by atoms with Gasteiger partial charge in [-0.25, -0.2) is 0 Å². The Balaban J connectivity index is 2.83. The summed E-state index contributed by atoms with van der Waals surface area (Å²) >= 11 is 3.39. The third-order valence-electron chi connectivity index (χ3n) is 3.03. The molecule has 1 rings (SSSR count). The molecule has 0 aromatic heterocycles. The number of carbonyl (C=O) groups is 1. The average molecular weight is 298 g/mol. The number of hydrogen-bond acceptors (Lipinski definition) is 1. The fraction of sp³-hybridized carbons (Fsp3) is 0.500. The summed E-state index contributed by atoms with van der Waals surface area (Å²) in [6.07, 6.45) is 0. The lowest BCUT2D eigenvalue weighted by atomic mass is 10.0.